The number of carbonyl (C=O) groups excluding carboxylic acids is 2. The van der Waals surface area contributed by atoms with Gasteiger partial charge in [0.25, 0.3) is 5.79 Å². The number of aromatic nitrogens is 1. The van der Waals surface area contributed by atoms with Gasteiger partial charge in [0.1, 0.15) is 0 Å². The third-order valence-corrected chi connectivity index (χ3v) is 3.11. The van der Waals surface area contributed by atoms with Gasteiger partial charge in [-0.05, 0) is 12.1 Å². The molecular formula is C16H14N2O5. The van der Waals surface area contributed by atoms with Crippen molar-refractivity contribution in [2.75, 3.05) is 5.32 Å². The number of rotatable bonds is 3. The van der Waals surface area contributed by atoms with Crippen molar-refractivity contribution in [3.8, 4) is 11.3 Å². The Morgan fingerprint density at radius 1 is 1.13 bits per heavy atom. The molecule has 0 aliphatic carbocycles. The molecule has 7 heteroatoms. The Labute approximate surface area is 131 Å². The summed E-state index contributed by atoms with van der Waals surface area (Å²) in [5.74, 6) is -2.18. The van der Waals surface area contributed by atoms with Gasteiger partial charge in [-0.25, -0.2) is 14.6 Å². The van der Waals surface area contributed by atoms with E-state index < -0.39 is 17.7 Å². The molecule has 0 spiro atoms. The maximum atomic E-state index is 11.9. The van der Waals surface area contributed by atoms with E-state index in [1.165, 1.54) is 26.4 Å². The van der Waals surface area contributed by atoms with Crippen molar-refractivity contribution in [3.63, 3.8) is 0 Å². The first-order valence-electron chi connectivity index (χ1n) is 6.87. The normalized spacial score (nSPS) is 16.5. The van der Waals surface area contributed by atoms with Crippen LogP contribution in [0.3, 0.4) is 0 Å². The fourth-order valence-corrected chi connectivity index (χ4v) is 2.10. The number of esters is 2. The number of cyclic esters (lactones) is 2. The lowest BCUT2D eigenvalue weighted by atomic mass is 10.1. The van der Waals surface area contributed by atoms with Crippen molar-refractivity contribution in [1.82, 2.24) is 4.98 Å². The molecule has 0 radical (unpaired) electrons. The Hall–Kier alpha value is -3.09. The van der Waals surface area contributed by atoms with Crippen LogP contribution in [0.25, 0.3) is 11.3 Å². The van der Waals surface area contributed by atoms with Crippen LogP contribution in [-0.4, -0.2) is 22.7 Å². The monoisotopic (exact) mass is 314 g/mol. The van der Waals surface area contributed by atoms with Gasteiger partial charge in [-0.1, -0.05) is 12.1 Å². The zero-order chi connectivity index (χ0) is 16.4. The van der Waals surface area contributed by atoms with Crippen molar-refractivity contribution >= 4 is 17.6 Å². The first kappa shape index (κ1) is 14.8. The average Bonchev–Trinajstić information content (AvgIpc) is 2.99. The average molecular weight is 314 g/mol. The number of hydrogen-bond acceptors (Lipinski definition) is 7. The summed E-state index contributed by atoms with van der Waals surface area (Å²) in [6.45, 7) is 2.98. The molecule has 1 aliphatic heterocycles. The first-order valence-corrected chi connectivity index (χ1v) is 6.87. The van der Waals surface area contributed by atoms with Crippen molar-refractivity contribution in [2.45, 2.75) is 19.6 Å². The maximum absolute atomic E-state index is 11.9. The summed E-state index contributed by atoms with van der Waals surface area (Å²) >= 11 is 0. The highest BCUT2D eigenvalue weighted by Gasteiger charge is 2.38. The minimum atomic E-state index is -1.26. The minimum Gasteiger partial charge on any atom is -0.443 e. The SMILES string of the molecule is CC1(C)OC(=O)C(=CNc2ccccc2-c2cnco2)C(=O)O1. The molecular weight excluding hydrogens is 300 g/mol. The van der Waals surface area contributed by atoms with E-state index in [4.69, 9.17) is 13.9 Å². The molecule has 23 heavy (non-hydrogen) atoms. The number of ether oxygens (including phenoxy) is 2. The number of nitrogens with zero attached hydrogens (tertiary/aromatic N) is 1. The van der Waals surface area contributed by atoms with Gasteiger partial charge >= 0.3 is 11.9 Å². The lowest BCUT2D eigenvalue weighted by Gasteiger charge is -2.29. The zero-order valence-electron chi connectivity index (χ0n) is 12.5. The topological polar surface area (TPSA) is 90.7 Å². The molecule has 0 unspecified atom stereocenters. The highest BCUT2D eigenvalue weighted by atomic mass is 16.7. The Morgan fingerprint density at radius 2 is 1.83 bits per heavy atom. The second kappa shape index (κ2) is 5.60. The van der Waals surface area contributed by atoms with Gasteiger partial charge < -0.3 is 19.2 Å². The van der Waals surface area contributed by atoms with Crippen molar-refractivity contribution in [2.24, 2.45) is 0 Å². The summed E-state index contributed by atoms with van der Waals surface area (Å²) in [5, 5.41) is 2.91. The van der Waals surface area contributed by atoms with Gasteiger partial charge in [-0.3, -0.25) is 0 Å². The highest BCUT2D eigenvalue weighted by molar-refractivity contribution is 6.15. The molecule has 2 heterocycles. The van der Waals surface area contributed by atoms with Crippen LogP contribution in [-0.2, 0) is 19.1 Å². The van der Waals surface area contributed by atoms with E-state index in [0.717, 1.165) is 5.56 Å². The third-order valence-electron chi connectivity index (χ3n) is 3.11. The Morgan fingerprint density at radius 3 is 2.48 bits per heavy atom. The zero-order valence-corrected chi connectivity index (χ0v) is 12.5. The molecule has 0 atom stereocenters. The number of nitrogens with one attached hydrogen (secondary N) is 1. The number of anilines is 1. The minimum absolute atomic E-state index is 0.211. The fraction of sp³-hybridized carbons (Fsp3) is 0.188. The van der Waals surface area contributed by atoms with Gasteiger partial charge in [0, 0.05) is 31.3 Å². The second-order valence-electron chi connectivity index (χ2n) is 5.29. The molecule has 2 aromatic rings. The second-order valence-corrected chi connectivity index (χ2v) is 5.29. The smallest absolute Gasteiger partial charge is 0.350 e. The van der Waals surface area contributed by atoms with Gasteiger partial charge in [0.05, 0.1) is 6.20 Å². The first-order chi connectivity index (χ1) is 11.0. The highest BCUT2D eigenvalue weighted by Crippen LogP contribution is 2.28. The van der Waals surface area contributed by atoms with Gasteiger partial charge in [0.2, 0.25) is 0 Å². The summed E-state index contributed by atoms with van der Waals surface area (Å²) in [5.41, 5.74) is 1.17. The van der Waals surface area contributed by atoms with Crippen LogP contribution in [0.5, 0.6) is 0 Å². The van der Waals surface area contributed by atoms with Crippen molar-refractivity contribution in [1.29, 1.82) is 0 Å². The molecule has 0 bridgehead atoms. The summed E-state index contributed by atoms with van der Waals surface area (Å²) < 4.78 is 15.3. The molecule has 1 aromatic carbocycles. The molecule has 1 aromatic heterocycles. The summed E-state index contributed by atoms with van der Waals surface area (Å²) in [7, 11) is 0. The summed E-state index contributed by atoms with van der Waals surface area (Å²) in [6.07, 6.45) is 4.15. The molecule has 7 nitrogen and oxygen atoms in total. The van der Waals surface area contributed by atoms with E-state index in [-0.39, 0.29) is 5.57 Å². The van der Waals surface area contributed by atoms with Gasteiger partial charge in [-0.2, -0.15) is 0 Å². The van der Waals surface area contributed by atoms with Crippen molar-refractivity contribution < 1.29 is 23.5 Å². The molecule has 1 aliphatic rings. The maximum Gasteiger partial charge on any atom is 0.350 e. The van der Waals surface area contributed by atoms with E-state index >= 15 is 0 Å². The molecule has 0 amide bonds. The Balaban J connectivity index is 1.86. The van der Waals surface area contributed by atoms with Crippen LogP contribution in [0.2, 0.25) is 0 Å². The van der Waals surface area contributed by atoms with Crippen LogP contribution >= 0.6 is 0 Å². The lowest BCUT2D eigenvalue weighted by molar-refractivity contribution is -0.222. The van der Waals surface area contributed by atoms with E-state index in [0.29, 0.717) is 11.4 Å². The molecule has 118 valence electrons. The van der Waals surface area contributed by atoms with Crippen LogP contribution in [0.1, 0.15) is 13.8 Å². The molecule has 1 saturated heterocycles. The molecule has 1 N–H and O–H groups in total. The predicted molar refractivity (Wildman–Crippen MR) is 79.9 cm³/mol. The van der Waals surface area contributed by atoms with E-state index in [1.54, 1.807) is 18.3 Å². The summed E-state index contributed by atoms with van der Waals surface area (Å²) in [6, 6.07) is 7.24. The number of hydrogen-bond donors (Lipinski definition) is 1. The Bertz CT molecular complexity index is 756. The number of benzene rings is 1. The predicted octanol–water partition coefficient (Wildman–Crippen LogP) is 2.47. The van der Waals surface area contributed by atoms with Crippen LogP contribution in [0.15, 0.2) is 53.0 Å². The number of para-hydroxylation sites is 1. The molecule has 1 fully saturated rings. The van der Waals surface area contributed by atoms with E-state index in [9.17, 15) is 9.59 Å². The fourth-order valence-electron chi connectivity index (χ4n) is 2.10. The standard InChI is InChI=1S/C16H14N2O5/c1-16(2)22-14(19)11(15(20)23-16)7-18-12-6-4-3-5-10(12)13-8-17-9-21-13/h3-9,18H,1-2H3. The van der Waals surface area contributed by atoms with E-state index in [1.807, 2.05) is 12.1 Å². The Kier molecular flexibility index (Phi) is 3.61. The largest absolute Gasteiger partial charge is 0.443 e. The number of carbonyl (C=O) groups is 2. The molecule has 0 saturated carbocycles. The van der Waals surface area contributed by atoms with Crippen LogP contribution in [0.4, 0.5) is 5.69 Å². The van der Waals surface area contributed by atoms with Crippen molar-refractivity contribution in [3.05, 3.63) is 48.6 Å². The lowest BCUT2D eigenvalue weighted by Crippen LogP contribution is -2.42. The van der Waals surface area contributed by atoms with Gasteiger partial charge in [0.15, 0.2) is 17.7 Å². The quantitative estimate of drug-likeness (QED) is 0.528. The number of oxazole rings is 1. The van der Waals surface area contributed by atoms with Crippen LogP contribution < -0.4 is 5.32 Å². The summed E-state index contributed by atoms with van der Waals surface area (Å²) in [4.78, 5) is 27.7. The van der Waals surface area contributed by atoms with Gasteiger partial charge in [-0.15, -0.1) is 0 Å². The van der Waals surface area contributed by atoms with E-state index in [2.05, 4.69) is 10.3 Å². The van der Waals surface area contributed by atoms with Crippen LogP contribution in [0, 0.1) is 0 Å². The third kappa shape index (κ3) is 3.08. The molecule has 3 rings (SSSR count).